The minimum atomic E-state index is 0.560. The lowest BCUT2D eigenvalue weighted by molar-refractivity contribution is 0.619. The van der Waals surface area contributed by atoms with Crippen LogP contribution in [0.15, 0.2) is 159 Å². The van der Waals surface area contributed by atoms with Crippen molar-refractivity contribution in [3.63, 3.8) is 0 Å². The van der Waals surface area contributed by atoms with Gasteiger partial charge >= 0.3 is 0 Å². The van der Waals surface area contributed by atoms with Gasteiger partial charge < -0.3 is 13.3 Å². The molecule has 238 valence electrons. The molecule has 0 saturated heterocycles. The van der Waals surface area contributed by atoms with Crippen LogP contribution in [0.4, 0.5) is 0 Å². The second-order valence-corrected chi connectivity index (χ2v) is 12.6. The Balaban J connectivity index is 1.13. The van der Waals surface area contributed by atoms with E-state index in [1.807, 2.05) is 109 Å². The van der Waals surface area contributed by atoms with Crippen LogP contribution < -0.4 is 0 Å². The molecule has 0 aliphatic carbocycles. The van der Waals surface area contributed by atoms with Crippen LogP contribution in [-0.4, -0.2) is 19.9 Å². The monoisotopic (exact) mass is 656 g/mol. The van der Waals surface area contributed by atoms with E-state index >= 15 is 0 Å². The molecule has 0 spiro atoms. The predicted octanol–water partition coefficient (Wildman–Crippen LogP) is 11.6. The minimum absolute atomic E-state index is 0.560. The Morgan fingerprint density at radius 1 is 0.373 bits per heavy atom. The molecule has 4 heterocycles. The summed E-state index contributed by atoms with van der Waals surface area (Å²) in [6, 6.07) is 48.4. The molecular formula is C44H24N4O3. The summed E-state index contributed by atoms with van der Waals surface area (Å²) >= 11 is 0. The van der Waals surface area contributed by atoms with Crippen molar-refractivity contribution < 1.29 is 13.3 Å². The maximum atomic E-state index is 6.60. The van der Waals surface area contributed by atoms with Crippen molar-refractivity contribution >= 4 is 65.7 Å². The van der Waals surface area contributed by atoms with Crippen molar-refractivity contribution in [2.75, 3.05) is 0 Å². The van der Waals surface area contributed by atoms with Crippen molar-refractivity contribution in [1.29, 1.82) is 0 Å². The Hall–Kier alpha value is -7.12. The normalized spacial score (nSPS) is 11.9. The molecule has 7 aromatic carbocycles. The number of nitrogens with zero attached hydrogens (tertiary/aromatic N) is 4. The van der Waals surface area contributed by atoms with Crippen molar-refractivity contribution in [1.82, 2.24) is 19.9 Å². The number of hydrogen-bond acceptors (Lipinski definition) is 7. The highest BCUT2D eigenvalue weighted by atomic mass is 16.4. The summed E-state index contributed by atoms with van der Waals surface area (Å²) in [4.78, 5) is 20.1. The highest BCUT2D eigenvalue weighted by molar-refractivity contribution is 6.22. The van der Waals surface area contributed by atoms with E-state index in [2.05, 4.69) is 36.4 Å². The van der Waals surface area contributed by atoms with Crippen LogP contribution in [0.1, 0.15) is 0 Å². The van der Waals surface area contributed by atoms with E-state index in [0.29, 0.717) is 28.9 Å². The van der Waals surface area contributed by atoms with Crippen molar-refractivity contribution in [3.05, 3.63) is 146 Å². The van der Waals surface area contributed by atoms with E-state index in [4.69, 9.17) is 33.2 Å². The minimum Gasteiger partial charge on any atom is -0.456 e. The topological polar surface area (TPSA) is 91.0 Å². The average molecular weight is 657 g/mol. The number of hydrogen-bond donors (Lipinski definition) is 0. The van der Waals surface area contributed by atoms with Crippen LogP contribution in [0.2, 0.25) is 0 Å². The second-order valence-electron chi connectivity index (χ2n) is 12.6. The Kier molecular flexibility index (Phi) is 5.83. The highest BCUT2D eigenvalue weighted by Crippen LogP contribution is 2.41. The third-order valence-corrected chi connectivity index (χ3v) is 9.57. The van der Waals surface area contributed by atoms with Gasteiger partial charge in [-0.2, -0.15) is 0 Å². The van der Waals surface area contributed by atoms with Crippen LogP contribution in [-0.2, 0) is 0 Å². The molecule has 0 fully saturated rings. The summed E-state index contributed by atoms with van der Waals surface area (Å²) in [7, 11) is 0. The van der Waals surface area contributed by atoms with Gasteiger partial charge in [0.25, 0.3) is 0 Å². The number of fused-ring (bicyclic) bond motifs is 10. The van der Waals surface area contributed by atoms with E-state index in [1.54, 1.807) is 0 Å². The first-order chi connectivity index (χ1) is 25.2. The molecule has 0 atom stereocenters. The van der Waals surface area contributed by atoms with E-state index in [-0.39, 0.29) is 0 Å². The molecule has 0 aliphatic rings. The van der Waals surface area contributed by atoms with Gasteiger partial charge in [0.15, 0.2) is 23.1 Å². The van der Waals surface area contributed by atoms with Crippen LogP contribution >= 0.6 is 0 Å². The first-order valence-electron chi connectivity index (χ1n) is 16.7. The summed E-state index contributed by atoms with van der Waals surface area (Å²) in [6.07, 6.45) is 0. The average Bonchev–Trinajstić information content (AvgIpc) is 3.91. The third kappa shape index (κ3) is 4.31. The second kappa shape index (κ2) is 10.7. The van der Waals surface area contributed by atoms with Crippen molar-refractivity contribution in [3.8, 4) is 45.6 Å². The van der Waals surface area contributed by atoms with Gasteiger partial charge in [-0.25, -0.2) is 19.9 Å². The molecule has 4 aromatic heterocycles. The van der Waals surface area contributed by atoms with Crippen molar-refractivity contribution in [2.24, 2.45) is 0 Å². The molecular weight excluding hydrogens is 633 g/mol. The SMILES string of the molecule is c1ccc(-c2nc(-c3ccc4ccc5c(oc6ccc7oc(-c8ccccc8)nc7c65)c4c3)nc(-c3cccc4oc5ccccc5c34)n2)cc1. The van der Waals surface area contributed by atoms with Gasteiger partial charge in [0, 0.05) is 43.8 Å². The maximum absolute atomic E-state index is 6.60. The molecule has 0 aliphatic heterocycles. The molecule has 0 N–H and O–H groups in total. The number of rotatable bonds is 4. The fraction of sp³-hybridized carbons (Fsp3) is 0. The summed E-state index contributed by atoms with van der Waals surface area (Å²) in [6.45, 7) is 0. The number of furan rings is 2. The molecule has 0 saturated carbocycles. The fourth-order valence-corrected chi connectivity index (χ4v) is 7.18. The summed E-state index contributed by atoms with van der Waals surface area (Å²) < 4.78 is 19.0. The number of aromatic nitrogens is 4. The van der Waals surface area contributed by atoms with Crippen LogP contribution in [0, 0.1) is 0 Å². The zero-order chi connectivity index (χ0) is 33.5. The largest absolute Gasteiger partial charge is 0.456 e. The Bertz CT molecular complexity index is 3140. The van der Waals surface area contributed by atoms with Crippen LogP contribution in [0.3, 0.4) is 0 Å². The lowest BCUT2D eigenvalue weighted by Crippen LogP contribution is -2.00. The summed E-state index contributed by atoms with van der Waals surface area (Å²) in [5.74, 6) is 2.30. The smallest absolute Gasteiger partial charge is 0.227 e. The van der Waals surface area contributed by atoms with Crippen LogP contribution in [0.25, 0.3) is 111 Å². The molecule has 0 unspecified atom stereocenters. The first kappa shape index (κ1) is 27.8. The molecule has 7 heteroatoms. The number of oxazole rings is 1. The van der Waals surface area contributed by atoms with Gasteiger partial charge in [-0.15, -0.1) is 0 Å². The van der Waals surface area contributed by atoms with Gasteiger partial charge in [0.1, 0.15) is 27.8 Å². The first-order valence-corrected chi connectivity index (χ1v) is 16.7. The van der Waals surface area contributed by atoms with Crippen LogP contribution in [0.5, 0.6) is 0 Å². The Labute approximate surface area is 289 Å². The molecule has 11 aromatic rings. The fourth-order valence-electron chi connectivity index (χ4n) is 7.18. The van der Waals surface area contributed by atoms with E-state index in [0.717, 1.165) is 82.4 Å². The lowest BCUT2D eigenvalue weighted by Gasteiger charge is -2.10. The third-order valence-electron chi connectivity index (χ3n) is 9.57. The zero-order valence-corrected chi connectivity index (χ0v) is 26.9. The van der Waals surface area contributed by atoms with Gasteiger partial charge in [0.05, 0.1) is 5.39 Å². The molecule has 7 nitrogen and oxygen atoms in total. The Morgan fingerprint density at radius 3 is 1.92 bits per heavy atom. The summed E-state index contributed by atoms with van der Waals surface area (Å²) in [5.41, 5.74) is 8.16. The van der Waals surface area contributed by atoms with Gasteiger partial charge in [0.2, 0.25) is 5.89 Å². The van der Waals surface area contributed by atoms with Gasteiger partial charge in [-0.1, -0.05) is 97.1 Å². The van der Waals surface area contributed by atoms with Gasteiger partial charge in [-0.3, -0.25) is 0 Å². The molecule has 11 rings (SSSR count). The number of para-hydroxylation sites is 1. The predicted molar refractivity (Wildman–Crippen MR) is 201 cm³/mol. The van der Waals surface area contributed by atoms with Crippen molar-refractivity contribution in [2.45, 2.75) is 0 Å². The number of benzene rings is 7. The van der Waals surface area contributed by atoms with E-state index in [1.165, 1.54) is 0 Å². The quantitative estimate of drug-likeness (QED) is 0.186. The standard InChI is InChI=1S/C44H24N4O3/c1-3-10-26(11-4-1)41-46-42(48-43(47-41)31-15-9-17-34-37(31)29-14-7-8-16-33(29)49-34)28-19-18-25-20-21-30-38-35(50-40(30)32(25)24-28)22-23-36-39(38)45-44(51-36)27-12-5-2-6-13-27/h1-24H. The van der Waals surface area contributed by atoms with E-state index in [9.17, 15) is 0 Å². The lowest BCUT2D eigenvalue weighted by atomic mass is 10.0. The van der Waals surface area contributed by atoms with E-state index < -0.39 is 0 Å². The maximum Gasteiger partial charge on any atom is 0.227 e. The Morgan fingerprint density at radius 2 is 1.06 bits per heavy atom. The molecule has 0 radical (unpaired) electrons. The highest BCUT2D eigenvalue weighted by Gasteiger charge is 2.20. The summed E-state index contributed by atoms with van der Waals surface area (Å²) in [5, 5.41) is 5.87. The zero-order valence-electron chi connectivity index (χ0n) is 26.9. The van der Waals surface area contributed by atoms with Gasteiger partial charge in [-0.05, 0) is 53.9 Å². The molecule has 51 heavy (non-hydrogen) atoms. The molecule has 0 amide bonds. The molecule has 0 bridgehead atoms.